The molecule has 0 aliphatic heterocycles. The van der Waals surface area contributed by atoms with Gasteiger partial charge in [0, 0.05) is 5.69 Å². The molecule has 0 spiro atoms. The third kappa shape index (κ3) is 3.26. The van der Waals surface area contributed by atoms with Crippen LogP contribution in [0.5, 0.6) is 11.5 Å². The molecule has 0 aliphatic carbocycles. The number of nitrogens with one attached hydrogen (secondary N) is 1. The van der Waals surface area contributed by atoms with E-state index in [4.69, 9.17) is 4.74 Å². The Hall–Kier alpha value is -2.56. The van der Waals surface area contributed by atoms with Crippen LogP contribution < -0.4 is 10.1 Å². The number of nitrogens with zero attached hydrogens (tertiary/aromatic N) is 1. The number of phenols is 1. The van der Waals surface area contributed by atoms with Crippen LogP contribution in [0.2, 0.25) is 0 Å². The Labute approximate surface area is 117 Å². The molecule has 0 aliphatic rings. The van der Waals surface area contributed by atoms with Gasteiger partial charge in [-0.25, -0.2) is 0 Å². The van der Waals surface area contributed by atoms with Gasteiger partial charge in [-0.3, -0.25) is 9.78 Å². The summed E-state index contributed by atoms with van der Waals surface area (Å²) >= 11 is 0. The summed E-state index contributed by atoms with van der Waals surface area (Å²) < 4.78 is 5.04. The molecular weight excluding hydrogens is 256 g/mol. The Morgan fingerprint density at radius 1 is 1.35 bits per heavy atom. The molecule has 0 atom stereocenters. The normalized spacial score (nSPS) is 10.1. The minimum absolute atomic E-state index is 0.0829. The van der Waals surface area contributed by atoms with E-state index in [2.05, 4.69) is 10.3 Å². The van der Waals surface area contributed by atoms with Gasteiger partial charge < -0.3 is 15.2 Å². The van der Waals surface area contributed by atoms with Crippen LogP contribution in [0, 0.1) is 6.92 Å². The maximum atomic E-state index is 12.0. The predicted molar refractivity (Wildman–Crippen MR) is 74.8 cm³/mol. The molecule has 0 bridgehead atoms. The first-order valence-electron chi connectivity index (χ1n) is 6.18. The number of pyridine rings is 1. The van der Waals surface area contributed by atoms with Crippen LogP contribution in [-0.2, 0) is 6.54 Å². The van der Waals surface area contributed by atoms with E-state index in [0.717, 1.165) is 11.4 Å². The maximum Gasteiger partial charge on any atom is 0.255 e. The van der Waals surface area contributed by atoms with Crippen LogP contribution in [0.4, 0.5) is 0 Å². The summed E-state index contributed by atoms with van der Waals surface area (Å²) in [5, 5.41) is 12.4. The first kappa shape index (κ1) is 13.9. The zero-order valence-corrected chi connectivity index (χ0v) is 11.4. The van der Waals surface area contributed by atoms with E-state index in [0.29, 0.717) is 12.3 Å². The lowest BCUT2D eigenvalue weighted by Gasteiger charge is -2.08. The van der Waals surface area contributed by atoms with Gasteiger partial charge in [-0.2, -0.15) is 0 Å². The van der Waals surface area contributed by atoms with E-state index in [-0.39, 0.29) is 17.2 Å². The number of carbonyl (C=O) groups excluding carboxylic acids is 1. The first-order valence-corrected chi connectivity index (χ1v) is 6.18. The standard InChI is InChI=1S/C15H16N2O3/c1-10-4-3-5-11(17-10)9-16-15(19)13-8-12(20-2)6-7-14(13)18/h3-8,18H,9H2,1-2H3,(H,16,19). The van der Waals surface area contributed by atoms with E-state index in [1.165, 1.54) is 19.2 Å². The second-order valence-corrected chi connectivity index (χ2v) is 4.34. The number of methoxy groups -OCH3 is 1. The van der Waals surface area contributed by atoms with Crippen LogP contribution in [0.15, 0.2) is 36.4 Å². The second kappa shape index (κ2) is 6.06. The lowest BCUT2D eigenvalue weighted by Crippen LogP contribution is -2.23. The number of ether oxygens (including phenoxy) is 1. The molecule has 1 aromatic carbocycles. The summed E-state index contributed by atoms with van der Waals surface area (Å²) in [6, 6.07) is 10.1. The van der Waals surface area contributed by atoms with Crippen LogP contribution in [0.25, 0.3) is 0 Å². The van der Waals surface area contributed by atoms with Crippen LogP contribution in [0.1, 0.15) is 21.7 Å². The number of aromatic nitrogens is 1. The first-order chi connectivity index (χ1) is 9.60. The van der Waals surface area contributed by atoms with Crippen molar-refractivity contribution in [2.45, 2.75) is 13.5 Å². The number of benzene rings is 1. The van der Waals surface area contributed by atoms with Crippen molar-refractivity contribution in [3.63, 3.8) is 0 Å². The van der Waals surface area contributed by atoms with Crippen molar-refractivity contribution in [2.75, 3.05) is 7.11 Å². The zero-order valence-electron chi connectivity index (χ0n) is 11.4. The molecule has 2 aromatic rings. The van der Waals surface area contributed by atoms with E-state index < -0.39 is 0 Å². The fourth-order valence-corrected chi connectivity index (χ4v) is 1.79. The Morgan fingerprint density at radius 2 is 2.15 bits per heavy atom. The van der Waals surface area contributed by atoms with E-state index in [9.17, 15) is 9.90 Å². The van der Waals surface area contributed by atoms with Gasteiger partial charge in [-0.1, -0.05) is 6.07 Å². The van der Waals surface area contributed by atoms with Gasteiger partial charge >= 0.3 is 0 Å². The molecule has 0 saturated heterocycles. The van der Waals surface area contributed by atoms with Gasteiger partial charge in [0.2, 0.25) is 0 Å². The van der Waals surface area contributed by atoms with Crippen molar-refractivity contribution in [3.05, 3.63) is 53.3 Å². The summed E-state index contributed by atoms with van der Waals surface area (Å²) in [5.74, 6) is 0.0619. The molecule has 104 valence electrons. The van der Waals surface area contributed by atoms with E-state index in [1.807, 2.05) is 25.1 Å². The molecule has 0 unspecified atom stereocenters. The van der Waals surface area contributed by atoms with Gasteiger partial charge in [0.25, 0.3) is 5.91 Å². The van der Waals surface area contributed by atoms with E-state index >= 15 is 0 Å². The third-order valence-electron chi connectivity index (χ3n) is 2.82. The monoisotopic (exact) mass is 272 g/mol. The van der Waals surface area contributed by atoms with Crippen molar-refractivity contribution in [1.82, 2.24) is 10.3 Å². The van der Waals surface area contributed by atoms with Gasteiger partial charge in [0.05, 0.1) is 24.9 Å². The number of aromatic hydroxyl groups is 1. The number of amides is 1. The fraction of sp³-hybridized carbons (Fsp3) is 0.200. The van der Waals surface area contributed by atoms with Crippen LogP contribution in [-0.4, -0.2) is 23.1 Å². The number of phenolic OH excluding ortho intramolecular Hbond substituents is 1. The molecule has 2 rings (SSSR count). The average Bonchev–Trinajstić information content (AvgIpc) is 2.45. The van der Waals surface area contributed by atoms with Crippen molar-refractivity contribution < 1.29 is 14.6 Å². The minimum atomic E-state index is -0.371. The number of hydrogen-bond acceptors (Lipinski definition) is 4. The lowest BCUT2D eigenvalue weighted by molar-refractivity contribution is 0.0947. The summed E-state index contributed by atoms with van der Waals surface area (Å²) in [7, 11) is 1.50. The highest BCUT2D eigenvalue weighted by atomic mass is 16.5. The highest BCUT2D eigenvalue weighted by Gasteiger charge is 2.12. The quantitative estimate of drug-likeness (QED) is 0.893. The van der Waals surface area contributed by atoms with Crippen LogP contribution in [0.3, 0.4) is 0 Å². The Balaban J connectivity index is 2.08. The molecule has 0 radical (unpaired) electrons. The summed E-state index contributed by atoms with van der Waals surface area (Å²) in [6.45, 7) is 2.19. The molecule has 0 saturated carbocycles. The van der Waals surface area contributed by atoms with Gasteiger partial charge in [-0.05, 0) is 37.3 Å². The van der Waals surface area contributed by atoms with Crippen molar-refractivity contribution >= 4 is 5.91 Å². The highest BCUT2D eigenvalue weighted by Crippen LogP contribution is 2.22. The number of aryl methyl sites for hydroxylation is 1. The SMILES string of the molecule is COc1ccc(O)c(C(=O)NCc2cccc(C)n2)c1. The largest absolute Gasteiger partial charge is 0.507 e. The zero-order chi connectivity index (χ0) is 14.5. The summed E-state index contributed by atoms with van der Waals surface area (Å²) in [5.41, 5.74) is 1.83. The van der Waals surface area contributed by atoms with Gasteiger partial charge in [-0.15, -0.1) is 0 Å². The minimum Gasteiger partial charge on any atom is -0.507 e. The van der Waals surface area contributed by atoms with E-state index in [1.54, 1.807) is 6.07 Å². The Morgan fingerprint density at radius 3 is 2.85 bits per heavy atom. The smallest absolute Gasteiger partial charge is 0.255 e. The molecule has 5 nitrogen and oxygen atoms in total. The molecule has 5 heteroatoms. The number of rotatable bonds is 4. The lowest BCUT2D eigenvalue weighted by atomic mass is 10.1. The van der Waals surface area contributed by atoms with Crippen LogP contribution >= 0.6 is 0 Å². The average molecular weight is 272 g/mol. The highest BCUT2D eigenvalue weighted by molar-refractivity contribution is 5.97. The molecule has 1 amide bonds. The molecule has 2 N–H and O–H groups in total. The molecule has 1 heterocycles. The molecule has 20 heavy (non-hydrogen) atoms. The van der Waals surface area contributed by atoms with Gasteiger partial charge in [0.1, 0.15) is 11.5 Å². The maximum absolute atomic E-state index is 12.0. The fourth-order valence-electron chi connectivity index (χ4n) is 1.79. The van der Waals surface area contributed by atoms with Crippen molar-refractivity contribution in [3.8, 4) is 11.5 Å². The number of carbonyl (C=O) groups is 1. The molecule has 0 fully saturated rings. The molecular formula is C15H16N2O3. The topological polar surface area (TPSA) is 71.5 Å². The van der Waals surface area contributed by atoms with Crippen molar-refractivity contribution in [2.24, 2.45) is 0 Å². The second-order valence-electron chi connectivity index (χ2n) is 4.34. The van der Waals surface area contributed by atoms with Gasteiger partial charge in [0.15, 0.2) is 0 Å². The summed E-state index contributed by atoms with van der Waals surface area (Å²) in [4.78, 5) is 16.3. The Kier molecular flexibility index (Phi) is 4.20. The van der Waals surface area contributed by atoms with Crippen molar-refractivity contribution in [1.29, 1.82) is 0 Å². The molecule has 1 aromatic heterocycles. The predicted octanol–water partition coefficient (Wildman–Crippen LogP) is 2.03. The Bertz CT molecular complexity index is 626. The third-order valence-corrected chi connectivity index (χ3v) is 2.82. The number of hydrogen-bond donors (Lipinski definition) is 2. The summed E-state index contributed by atoms with van der Waals surface area (Å²) in [6.07, 6.45) is 0.